The standard InChI is InChI=1S/C58H40N2/c1-3-16-41(17-4-1)45-22-13-24-49(38-45)59(58-40-47(34-37-53(58)44-18-5-2-6-19-44)52-29-15-21-43-20-7-8-26-51(43)52)48-35-32-42(33-36-48)46-23-14-25-50(39-46)60-56-30-11-9-27-54(56)55-28-10-12-31-57(55)60/h1-40H. The first-order chi connectivity index (χ1) is 29.8. The van der Waals surface area contributed by atoms with Crippen LogP contribution in [0, 0.1) is 0 Å². The Morgan fingerprint density at radius 1 is 0.283 bits per heavy atom. The summed E-state index contributed by atoms with van der Waals surface area (Å²) in [4.78, 5) is 2.43. The molecular weight excluding hydrogens is 725 g/mol. The molecule has 0 unspecified atom stereocenters. The molecule has 0 aliphatic carbocycles. The van der Waals surface area contributed by atoms with E-state index in [1.54, 1.807) is 0 Å². The van der Waals surface area contributed by atoms with Gasteiger partial charge < -0.3 is 9.47 Å². The summed E-state index contributed by atoms with van der Waals surface area (Å²) in [6.07, 6.45) is 0. The number of benzene rings is 10. The minimum atomic E-state index is 1.08. The van der Waals surface area contributed by atoms with Crippen LogP contribution in [-0.2, 0) is 0 Å². The van der Waals surface area contributed by atoms with Gasteiger partial charge in [-0.1, -0.05) is 188 Å². The monoisotopic (exact) mass is 764 g/mol. The molecule has 0 spiro atoms. The van der Waals surface area contributed by atoms with Crippen LogP contribution in [0.3, 0.4) is 0 Å². The number of hydrogen-bond acceptors (Lipinski definition) is 1. The molecule has 0 fully saturated rings. The molecule has 0 N–H and O–H groups in total. The van der Waals surface area contributed by atoms with Gasteiger partial charge in [-0.2, -0.15) is 0 Å². The molecule has 0 aliphatic rings. The number of nitrogens with zero attached hydrogens (tertiary/aromatic N) is 2. The Morgan fingerprint density at radius 3 is 1.55 bits per heavy atom. The summed E-state index contributed by atoms with van der Waals surface area (Å²) in [6, 6.07) is 88.0. The molecule has 60 heavy (non-hydrogen) atoms. The van der Waals surface area contributed by atoms with Gasteiger partial charge in [0.1, 0.15) is 0 Å². The lowest BCUT2D eigenvalue weighted by molar-refractivity contribution is 1.18. The van der Waals surface area contributed by atoms with Gasteiger partial charge in [0.05, 0.1) is 16.7 Å². The average Bonchev–Trinajstić information content (AvgIpc) is 3.67. The number of hydrogen-bond donors (Lipinski definition) is 0. The molecule has 0 radical (unpaired) electrons. The van der Waals surface area contributed by atoms with E-state index in [0.29, 0.717) is 0 Å². The van der Waals surface area contributed by atoms with Crippen LogP contribution in [0.25, 0.3) is 82.8 Å². The summed E-state index contributed by atoms with van der Waals surface area (Å²) in [5, 5.41) is 5.00. The quantitative estimate of drug-likeness (QED) is 0.150. The predicted octanol–water partition coefficient (Wildman–Crippen LogP) is 16.1. The minimum absolute atomic E-state index is 1.08. The lowest BCUT2D eigenvalue weighted by Crippen LogP contribution is -2.11. The molecular formula is C58H40N2. The summed E-state index contributed by atoms with van der Waals surface area (Å²) in [5.74, 6) is 0. The first kappa shape index (κ1) is 35.2. The van der Waals surface area contributed by atoms with Crippen molar-refractivity contribution in [1.29, 1.82) is 0 Å². The molecule has 1 heterocycles. The van der Waals surface area contributed by atoms with E-state index in [0.717, 1.165) is 33.9 Å². The average molecular weight is 765 g/mol. The van der Waals surface area contributed by atoms with E-state index in [1.165, 1.54) is 66.0 Å². The SMILES string of the molecule is c1ccc(-c2cccc(N(c3ccc(-c4cccc(-n5c6ccccc6c6ccccc65)c4)cc3)c3cc(-c4cccc5ccccc45)ccc3-c3ccccc3)c2)cc1. The Morgan fingerprint density at radius 2 is 0.817 bits per heavy atom. The van der Waals surface area contributed by atoms with Gasteiger partial charge in [-0.25, -0.2) is 0 Å². The molecule has 0 amide bonds. The van der Waals surface area contributed by atoms with Gasteiger partial charge in [-0.3, -0.25) is 0 Å². The Labute approximate surface area is 350 Å². The number of fused-ring (bicyclic) bond motifs is 4. The summed E-state index contributed by atoms with van der Waals surface area (Å²) in [6.45, 7) is 0. The van der Waals surface area contributed by atoms with Gasteiger partial charge in [0.2, 0.25) is 0 Å². The Bertz CT molecular complexity index is 3250. The lowest BCUT2D eigenvalue weighted by atomic mass is 9.94. The predicted molar refractivity (Wildman–Crippen MR) is 255 cm³/mol. The molecule has 0 saturated heterocycles. The number of rotatable bonds is 8. The van der Waals surface area contributed by atoms with Crippen molar-refractivity contribution in [2.75, 3.05) is 4.90 Å². The third kappa shape index (κ3) is 6.32. The largest absolute Gasteiger partial charge is 0.310 e. The van der Waals surface area contributed by atoms with Gasteiger partial charge in [-0.15, -0.1) is 0 Å². The van der Waals surface area contributed by atoms with E-state index >= 15 is 0 Å². The highest BCUT2D eigenvalue weighted by molar-refractivity contribution is 6.09. The first-order valence-electron chi connectivity index (χ1n) is 20.6. The molecule has 2 heteroatoms. The highest BCUT2D eigenvalue weighted by Gasteiger charge is 2.20. The molecule has 1 aromatic heterocycles. The minimum Gasteiger partial charge on any atom is -0.310 e. The van der Waals surface area contributed by atoms with E-state index in [9.17, 15) is 0 Å². The Balaban J connectivity index is 1.08. The third-order valence-electron chi connectivity index (χ3n) is 11.8. The van der Waals surface area contributed by atoms with Crippen LogP contribution >= 0.6 is 0 Å². The maximum absolute atomic E-state index is 2.43. The van der Waals surface area contributed by atoms with Crippen molar-refractivity contribution in [3.63, 3.8) is 0 Å². The summed E-state index contributed by atoms with van der Waals surface area (Å²) in [7, 11) is 0. The number of aromatic nitrogens is 1. The van der Waals surface area contributed by atoms with Crippen LogP contribution in [0.4, 0.5) is 17.1 Å². The molecule has 0 atom stereocenters. The van der Waals surface area contributed by atoms with Crippen LogP contribution in [0.1, 0.15) is 0 Å². The zero-order valence-electron chi connectivity index (χ0n) is 33.0. The Hall–Kier alpha value is -7.94. The highest BCUT2D eigenvalue weighted by atomic mass is 15.1. The van der Waals surface area contributed by atoms with Crippen molar-refractivity contribution in [1.82, 2.24) is 4.57 Å². The zero-order valence-corrected chi connectivity index (χ0v) is 33.0. The maximum Gasteiger partial charge on any atom is 0.0546 e. The maximum atomic E-state index is 2.43. The molecule has 11 aromatic rings. The fourth-order valence-electron chi connectivity index (χ4n) is 8.93. The molecule has 0 saturated carbocycles. The summed E-state index contributed by atoms with van der Waals surface area (Å²) in [5.41, 5.74) is 16.2. The van der Waals surface area contributed by atoms with E-state index in [2.05, 4.69) is 252 Å². The van der Waals surface area contributed by atoms with Crippen LogP contribution in [0.2, 0.25) is 0 Å². The summed E-state index contributed by atoms with van der Waals surface area (Å²) < 4.78 is 2.39. The van der Waals surface area contributed by atoms with Gasteiger partial charge in [0.25, 0.3) is 0 Å². The second-order valence-electron chi connectivity index (χ2n) is 15.3. The fourth-order valence-corrected chi connectivity index (χ4v) is 8.93. The molecule has 0 aliphatic heterocycles. The molecule has 282 valence electrons. The second kappa shape index (κ2) is 15.1. The lowest BCUT2D eigenvalue weighted by Gasteiger charge is -2.29. The summed E-state index contributed by atoms with van der Waals surface area (Å²) >= 11 is 0. The van der Waals surface area contributed by atoms with Gasteiger partial charge in [0, 0.05) is 33.4 Å². The molecule has 2 nitrogen and oxygen atoms in total. The molecule has 0 bridgehead atoms. The topological polar surface area (TPSA) is 8.17 Å². The zero-order chi connectivity index (χ0) is 39.8. The van der Waals surface area contributed by atoms with Gasteiger partial charge in [0.15, 0.2) is 0 Å². The van der Waals surface area contributed by atoms with Crippen molar-refractivity contribution >= 4 is 49.6 Å². The van der Waals surface area contributed by atoms with Crippen LogP contribution in [-0.4, -0.2) is 4.57 Å². The Kier molecular flexibility index (Phi) is 8.87. The number of para-hydroxylation sites is 2. The van der Waals surface area contributed by atoms with Gasteiger partial charge in [-0.05, 0) is 104 Å². The van der Waals surface area contributed by atoms with Crippen molar-refractivity contribution in [2.45, 2.75) is 0 Å². The van der Waals surface area contributed by atoms with Crippen LogP contribution < -0.4 is 4.90 Å². The van der Waals surface area contributed by atoms with E-state index in [1.807, 2.05) is 0 Å². The van der Waals surface area contributed by atoms with Crippen molar-refractivity contribution < 1.29 is 0 Å². The molecule has 10 aromatic carbocycles. The highest BCUT2D eigenvalue weighted by Crippen LogP contribution is 2.45. The van der Waals surface area contributed by atoms with E-state index in [-0.39, 0.29) is 0 Å². The smallest absolute Gasteiger partial charge is 0.0546 e. The number of anilines is 3. The van der Waals surface area contributed by atoms with Crippen molar-refractivity contribution in [2.24, 2.45) is 0 Å². The van der Waals surface area contributed by atoms with Crippen LogP contribution in [0.15, 0.2) is 243 Å². The van der Waals surface area contributed by atoms with Crippen molar-refractivity contribution in [3.8, 4) is 50.2 Å². The van der Waals surface area contributed by atoms with Crippen molar-refractivity contribution in [3.05, 3.63) is 243 Å². The normalized spacial score (nSPS) is 11.3. The van der Waals surface area contributed by atoms with E-state index in [4.69, 9.17) is 0 Å². The fraction of sp³-hybridized carbons (Fsp3) is 0. The molecule has 11 rings (SSSR count). The first-order valence-corrected chi connectivity index (χ1v) is 20.6. The second-order valence-corrected chi connectivity index (χ2v) is 15.3. The van der Waals surface area contributed by atoms with E-state index < -0.39 is 0 Å². The van der Waals surface area contributed by atoms with Crippen LogP contribution in [0.5, 0.6) is 0 Å². The van der Waals surface area contributed by atoms with Gasteiger partial charge >= 0.3 is 0 Å². The third-order valence-corrected chi connectivity index (χ3v) is 11.8.